The van der Waals surface area contributed by atoms with Gasteiger partial charge in [0.05, 0.1) is 10.5 Å². The lowest BCUT2D eigenvalue weighted by Crippen LogP contribution is -2.54. The second-order valence-corrected chi connectivity index (χ2v) is 12.2. The highest BCUT2D eigenvalue weighted by Crippen LogP contribution is 2.48. The minimum absolute atomic E-state index is 0.0529. The maximum Gasteiger partial charge on any atom is 0.320 e. The van der Waals surface area contributed by atoms with Crippen LogP contribution >= 0.6 is 0 Å². The molecule has 0 saturated carbocycles. The molecule has 0 amide bonds. The van der Waals surface area contributed by atoms with Gasteiger partial charge in [-0.05, 0) is 48.7 Å². The van der Waals surface area contributed by atoms with Crippen LogP contribution in [0.5, 0.6) is 0 Å². The molecular formula is C28H27F3N3O4S+. The Balaban J connectivity index is 1.32. The number of allylic oxidation sites excluding steroid dienone is 2. The van der Waals surface area contributed by atoms with Crippen LogP contribution in [0.25, 0.3) is 0 Å². The molecule has 6 rings (SSSR count). The highest BCUT2D eigenvalue weighted by molar-refractivity contribution is 7.89. The van der Waals surface area contributed by atoms with Gasteiger partial charge in [0.25, 0.3) is 0 Å². The van der Waals surface area contributed by atoms with Crippen molar-refractivity contribution in [3.05, 3.63) is 77.8 Å². The molecular weight excluding hydrogens is 531 g/mol. The number of hydrogen-bond acceptors (Lipinski definition) is 5. The number of carbonyl (C=O) groups is 1. The van der Waals surface area contributed by atoms with Gasteiger partial charge in [-0.3, -0.25) is 4.79 Å². The van der Waals surface area contributed by atoms with Crippen LogP contribution in [-0.2, 0) is 19.6 Å². The first-order valence-electron chi connectivity index (χ1n) is 12.8. The van der Waals surface area contributed by atoms with Gasteiger partial charge in [-0.15, -0.1) is 0 Å². The predicted molar refractivity (Wildman–Crippen MR) is 138 cm³/mol. The fourth-order valence-electron chi connectivity index (χ4n) is 5.93. The van der Waals surface area contributed by atoms with Crippen molar-refractivity contribution in [2.45, 2.75) is 30.3 Å². The third kappa shape index (κ3) is 4.37. The van der Waals surface area contributed by atoms with Crippen LogP contribution in [0.15, 0.2) is 76.8 Å². The Morgan fingerprint density at radius 1 is 1.15 bits per heavy atom. The van der Waals surface area contributed by atoms with E-state index in [0.717, 1.165) is 17.0 Å². The Morgan fingerprint density at radius 2 is 1.95 bits per heavy atom. The Kier molecular flexibility index (Phi) is 6.38. The monoisotopic (exact) mass is 558 g/mol. The highest BCUT2D eigenvalue weighted by Gasteiger charge is 2.55. The number of carbonyl (C=O) groups excluding carboxylic acids is 1. The number of esters is 1. The molecule has 39 heavy (non-hydrogen) atoms. The number of piperidine rings is 1. The van der Waals surface area contributed by atoms with Gasteiger partial charge in [-0.2, -0.15) is 8.88 Å². The molecule has 7 nitrogen and oxygen atoms in total. The summed E-state index contributed by atoms with van der Waals surface area (Å²) in [4.78, 5) is 15.1. The number of rotatable bonds is 6. The highest BCUT2D eigenvalue weighted by atomic mass is 32.2. The Bertz CT molecular complexity index is 1540. The number of benzene rings is 2. The molecule has 2 fully saturated rings. The summed E-state index contributed by atoms with van der Waals surface area (Å²) in [6.45, 7) is -0.665. The summed E-state index contributed by atoms with van der Waals surface area (Å²) in [6.07, 6.45) is 3.50. The molecule has 0 aromatic heterocycles. The lowest BCUT2D eigenvalue weighted by molar-refractivity contribution is -0.374. The molecule has 0 radical (unpaired) electrons. The van der Waals surface area contributed by atoms with Crippen molar-refractivity contribution < 1.29 is 35.7 Å². The SMILES string of the molecule is O=C(OCF)C12CC3=C[N+](c4ccc(F)cc4)=C3C=C1CCN(S(=O)(=O)c1cccc(N3CCC(F)C3)c1)C2. The van der Waals surface area contributed by atoms with Crippen LogP contribution in [0.3, 0.4) is 0 Å². The second kappa shape index (κ2) is 9.63. The number of anilines is 1. The van der Waals surface area contributed by atoms with Gasteiger partial charge in [0.2, 0.25) is 28.3 Å². The molecule has 4 aliphatic rings. The average molecular weight is 559 g/mol. The lowest BCUT2D eigenvalue weighted by atomic mass is 9.66. The number of nitrogens with zero attached hydrogens (tertiary/aromatic N) is 3. The maximum atomic E-state index is 13.8. The average Bonchev–Trinajstić information content (AvgIpc) is 3.37. The fraction of sp³-hybridized carbons (Fsp3) is 0.357. The largest absolute Gasteiger partial charge is 0.433 e. The van der Waals surface area contributed by atoms with Gasteiger partial charge in [0.1, 0.15) is 17.4 Å². The number of ether oxygens (including phenoxy) is 1. The van der Waals surface area contributed by atoms with Crippen LogP contribution in [0.4, 0.5) is 24.5 Å². The summed E-state index contributed by atoms with van der Waals surface area (Å²) in [5.74, 6) is -1.16. The van der Waals surface area contributed by atoms with Gasteiger partial charge in [0.15, 0.2) is 6.20 Å². The maximum absolute atomic E-state index is 13.8. The van der Waals surface area contributed by atoms with E-state index in [4.69, 9.17) is 4.74 Å². The van der Waals surface area contributed by atoms with E-state index < -0.39 is 34.4 Å². The first-order valence-corrected chi connectivity index (χ1v) is 14.2. The van der Waals surface area contributed by atoms with E-state index >= 15 is 0 Å². The van der Waals surface area contributed by atoms with Crippen LogP contribution in [0, 0.1) is 11.2 Å². The van der Waals surface area contributed by atoms with Crippen molar-refractivity contribution in [3.63, 3.8) is 0 Å². The van der Waals surface area contributed by atoms with E-state index in [0.29, 0.717) is 24.2 Å². The third-order valence-electron chi connectivity index (χ3n) is 8.00. The van der Waals surface area contributed by atoms with Crippen molar-refractivity contribution in [1.29, 1.82) is 0 Å². The van der Waals surface area contributed by atoms with Crippen LogP contribution in [-0.4, -0.2) is 68.2 Å². The summed E-state index contributed by atoms with van der Waals surface area (Å²) in [5, 5.41) is 0. The van der Waals surface area contributed by atoms with E-state index in [1.807, 2.05) is 21.8 Å². The van der Waals surface area contributed by atoms with Crippen molar-refractivity contribution in [2.24, 2.45) is 5.41 Å². The van der Waals surface area contributed by atoms with Crippen LogP contribution in [0.2, 0.25) is 0 Å². The van der Waals surface area contributed by atoms with Gasteiger partial charge in [-0.25, -0.2) is 21.6 Å². The number of hydrogen-bond donors (Lipinski definition) is 0. The minimum atomic E-state index is -4.02. The molecule has 2 unspecified atom stereocenters. The first-order chi connectivity index (χ1) is 18.7. The topological polar surface area (TPSA) is 69.9 Å². The van der Waals surface area contributed by atoms with Gasteiger partial charge >= 0.3 is 5.97 Å². The summed E-state index contributed by atoms with van der Waals surface area (Å²) in [7, 11) is -4.02. The quantitative estimate of drug-likeness (QED) is 0.392. The normalized spacial score (nSPS) is 24.9. The smallest absolute Gasteiger partial charge is 0.320 e. The van der Waals surface area contributed by atoms with Crippen molar-refractivity contribution >= 4 is 33.1 Å². The van der Waals surface area contributed by atoms with Crippen LogP contribution < -0.4 is 4.90 Å². The third-order valence-corrected chi connectivity index (χ3v) is 9.84. The molecule has 1 aliphatic carbocycles. The number of fused-ring (bicyclic) bond motifs is 2. The molecule has 2 aromatic rings. The molecule has 3 heterocycles. The number of sulfonamides is 1. The van der Waals surface area contributed by atoms with Gasteiger partial charge < -0.3 is 9.64 Å². The van der Waals surface area contributed by atoms with E-state index in [2.05, 4.69) is 0 Å². The zero-order valence-corrected chi connectivity index (χ0v) is 21.8. The molecule has 2 atom stereocenters. The molecule has 2 saturated heterocycles. The Hall–Kier alpha value is -3.44. The molecule has 0 spiro atoms. The van der Waals surface area contributed by atoms with E-state index in [9.17, 15) is 26.4 Å². The van der Waals surface area contributed by atoms with Crippen LogP contribution in [0.1, 0.15) is 19.3 Å². The predicted octanol–water partition coefficient (Wildman–Crippen LogP) is 4.24. The zero-order chi connectivity index (χ0) is 27.4. The molecule has 0 N–H and O–H groups in total. The van der Waals surface area contributed by atoms with Crippen molar-refractivity contribution in [2.75, 3.05) is 37.9 Å². The lowest BCUT2D eigenvalue weighted by Gasteiger charge is -2.44. The number of alkyl halides is 2. The first kappa shape index (κ1) is 25.8. The molecule has 11 heteroatoms. The van der Waals surface area contributed by atoms with E-state index in [1.165, 1.54) is 28.6 Å². The molecule has 204 valence electrons. The molecule has 0 bridgehead atoms. The minimum Gasteiger partial charge on any atom is -0.433 e. The number of halogens is 3. The molecule has 3 aliphatic heterocycles. The molecule has 2 aromatic carbocycles. The summed E-state index contributed by atoms with van der Waals surface area (Å²) in [6, 6.07) is 12.4. The van der Waals surface area contributed by atoms with Gasteiger partial charge in [-0.1, -0.05) is 6.07 Å². The Labute approximate surface area is 224 Å². The zero-order valence-electron chi connectivity index (χ0n) is 21.0. The standard InChI is InChI=1S/C28H27F3N3O4S/c29-18-38-27(35)28-14-19-15-34(23-6-4-21(30)5-7-23)26(19)12-20(28)8-11-33(17-28)39(36,37)25-3-1-2-24(13-25)32-10-9-22(31)16-32/h1-7,12-13,15,22H,8-11,14,16-18H2/q+1. The van der Waals surface area contributed by atoms with Crippen molar-refractivity contribution in [1.82, 2.24) is 4.31 Å². The summed E-state index contributed by atoms with van der Waals surface area (Å²) in [5.41, 5.74) is 2.32. The van der Waals surface area contributed by atoms with Gasteiger partial charge in [0, 0.05) is 56.5 Å². The summed E-state index contributed by atoms with van der Waals surface area (Å²) >= 11 is 0. The fourth-order valence-corrected chi connectivity index (χ4v) is 7.47. The second-order valence-electron chi connectivity index (χ2n) is 10.3. The van der Waals surface area contributed by atoms with E-state index in [1.54, 1.807) is 24.3 Å². The summed E-state index contributed by atoms with van der Waals surface area (Å²) < 4.78 is 75.9. The van der Waals surface area contributed by atoms with Crippen molar-refractivity contribution in [3.8, 4) is 0 Å². The van der Waals surface area contributed by atoms with E-state index in [-0.39, 0.29) is 43.2 Å². The Morgan fingerprint density at radius 3 is 2.67 bits per heavy atom.